The lowest BCUT2D eigenvalue weighted by molar-refractivity contribution is -0.115. The van der Waals surface area contributed by atoms with Gasteiger partial charge < -0.3 is 5.32 Å². The first kappa shape index (κ1) is 23.3. The van der Waals surface area contributed by atoms with E-state index in [0.717, 1.165) is 28.5 Å². The van der Waals surface area contributed by atoms with E-state index in [4.69, 9.17) is 0 Å². The number of halogens is 2. The van der Waals surface area contributed by atoms with Crippen LogP contribution in [0.25, 0.3) is 16.6 Å². The lowest BCUT2D eigenvalue weighted by Gasteiger charge is -2.17. The number of benzene rings is 3. The number of fused-ring (bicyclic) bond motifs is 1. The van der Waals surface area contributed by atoms with Crippen LogP contribution in [0.1, 0.15) is 24.2 Å². The van der Waals surface area contributed by atoms with E-state index in [2.05, 4.69) is 10.3 Å². The number of thioether (sulfide) groups is 1. The van der Waals surface area contributed by atoms with Crippen LogP contribution in [0.3, 0.4) is 0 Å². The Bertz CT molecular complexity index is 1470. The molecule has 3 aromatic carbocycles. The molecule has 0 radical (unpaired) electrons. The van der Waals surface area contributed by atoms with E-state index in [-0.39, 0.29) is 27.9 Å². The van der Waals surface area contributed by atoms with Gasteiger partial charge in [-0.05, 0) is 62.4 Å². The van der Waals surface area contributed by atoms with E-state index in [1.807, 2.05) is 0 Å². The molecule has 4 aromatic rings. The van der Waals surface area contributed by atoms with Crippen LogP contribution in [0.15, 0.2) is 76.7 Å². The predicted molar refractivity (Wildman–Crippen MR) is 128 cm³/mol. The first-order valence-corrected chi connectivity index (χ1v) is 11.2. The van der Waals surface area contributed by atoms with Crippen molar-refractivity contribution in [2.24, 2.45) is 0 Å². The second-order valence-electron chi connectivity index (χ2n) is 7.53. The predicted octanol–water partition coefficient (Wildman–Crippen LogP) is 4.99. The van der Waals surface area contributed by atoms with Gasteiger partial charge in [-0.1, -0.05) is 23.9 Å². The van der Waals surface area contributed by atoms with Gasteiger partial charge in [0.05, 0.1) is 21.8 Å². The topological polar surface area (TPSA) is 81.1 Å². The van der Waals surface area contributed by atoms with Gasteiger partial charge in [0.25, 0.3) is 5.56 Å². The van der Waals surface area contributed by atoms with Crippen molar-refractivity contribution in [3.63, 3.8) is 0 Å². The monoisotopic (exact) mass is 479 g/mol. The van der Waals surface area contributed by atoms with Crippen LogP contribution in [-0.4, -0.2) is 26.5 Å². The summed E-state index contributed by atoms with van der Waals surface area (Å²) in [4.78, 5) is 42.0. The van der Waals surface area contributed by atoms with E-state index >= 15 is 0 Å². The summed E-state index contributed by atoms with van der Waals surface area (Å²) < 4.78 is 29.2. The van der Waals surface area contributed by atoms with Crippen molar-refractivity contribution in [1.29, 1.82) is 0 Å². The Labute approximate surface area is 197 Å². The van der Waals surface area contributed by atoms with Crippen LogP contribution in [0.4, 0.5) is 14.5 Å². The van der Waals surface area contributed by atoms with E-state index < -0.39 is 22.4 Å². The van der Waals surface area contributed by atoms with Crippen LogP contribution in [0, 0.1) is 11.6 Å². The molecule has 1 amide bonds. The first-order valence-electron chi connectivity index (χ1n) is 10.3. The fourth-order valence-corrected chi connectivity index (χ4v) is 4.23. The van der Waals surface area contributed by atoms with Crippen LogP contribution in [0.2, 0.25) is 0 Å². The van der Waals surface area contributed by atoms with Crippen molar-refractivity contribution in [2.45, 2.75) is 24.3 Å². The number of carbonyl (C=O) groups excluding carboxylic acids is 2. The van der Waals surface area contributed by atoms with Crippen molar-refractivity contribution >= 4 is 40.0 Å². The largest absolute Gasteiger partial charge is 0.325 e. The molecule has 34 heavy (non-hydrogen) atoms. The minimum atomic E-state index is -0.927. The lowest BCUT2D eigenvalue weighted by Crippen LogP contribution is -2.26. The SMILES string of the molecule is CC(=O)c1ccc(NC(=O)C(C)Sc2nc3ccccc3c(=O)n2-c2ccc(F)cc2F)cc1. The zero-order valence-corrected chi connectivity index (χ0v) is 19.0. The summed E-state index contributed by atoms with van der Waals surface area (Å²) in [6.07, 6.45) is 0. The molecular formula is C25H19F2N3O3S. The average molecular weight is 480 g/mol. The summed E-state index contributed by atoms with van der Waals surface area (Å²) in [7, 11) is 0. The number of anilines is 1. The highest BCUT2D eigenvalue weighted by atomic mass is 32.2. The maximum atomic E-state index is 14.6. The van der Waals surface area contributed by atoms with Gasteiger partial charge in [-0.3, -0.25) is 19.0 Å². The van der Waals surface area contributed by atoms with Gasteiger partial charge in [0.1, 0.15) is 11.6 Å². The second kappa shape index (κ2) is 9.56. The number of ketones is 1. The Morgan fingerprint density at radius 1 is 1.03 bits per heavy atom. The summed E-state index contributed by atoms with van der Waals surface area (Å²) in [5.41, 5.74) is 0.703. The molecule has 9 heteroatoms. The number of hydrogen-bond acceptors (Lipinski definition) is 5. The van der Waals surface area contributed by atoms with Crippen LogP contribution >= 0.6 is 11.8 Å². The summed E-state index contributed by atoms with van der Waals surface area (Å²) in [5.74, 6) is -2.17. The fourth-order valence-electron chi connectivity index (χ4n) is 3.31. The average Bonchev–Trinajstić information content (AvgIpc) is 2.80. The Kier molecular flexibility index (Phi) is 6.56. The molecule has 1 N–H and O–H groups in total. The number of nitrogens with zero attached hydrogens (tertiary/aromatic N) is 2. The third-order valence-electron chi connectivity index (χ3n) is 5.11. The highest BCUT2D eigenvalue weighted by molar-refractivity contribution is 8.00. The van der Waals surface area contributed by atoms with E-state index in [1.165, 1.54) is 6.92 Å². The molecule has 0 saturated heterocycles. The van der Waals surface area contributed by atoms with Gasteiger partial charge in [0.15, 0.2) is 10.9 Å². The number of para-hydroxylation sites is 1. The molecule has 0 saturated carbocycles. The number of Topliss-reactive ketones (excluding diaryl/α,β-unsaturated/α-hetero) is 1. The Morgan fingerprint density at radius 2 is 1.74 bits per heavy atom. The zero-order chi connectivity index (χ0) is 24.4. The molecule has 0 spiro atoms. The van der Waals surface area contributed by atoms with Crippen LogP contribution < -0.4 is 10.9 Å². The van der Waals surface area contributed by atoms with E-state index in [0.29, 0.717) is 22.8 Å². The standard InChI is InChI=1S/C25H19F2N3O3S/c1-14(31)16-7-10-18(11-8-16)28-23(32)15(2)34-25-29-21-6-4-3-5-19(21)24(33)30(25)22-12-9-17(26)13-20(22)27/h3-13,15H,1-2H3,(H,28,32). The molecule has 0 aliphatic carbocycles. The number of carbonyl (C=O) groups is 2. The van der Waals surface area contributed by atoms with Gasteiger partial charge >= 0.3 is 0 Å². The van der Waals surface area contributed by atoms with Crippen LogP contribution in [-0.2, 0) is 4.79 Å². The van der Waals surface area contributed by atoms with Crippen molar-refractivity contribution in [2.75, 3.05) is 5.32 Å². The number of hydrogen-bond donors (Lipinski definition) is 1. The summed E-state index contributed by atoms with van der Waals surface area (Å²) in [6, 6.07) is 15.9. The summed E-state index contributed by atoms with van der Waals surface area (Å²) in [6.45, 7) is 3.07. The van der Waals surface area contributed by atoms with Gasteiger partial charge in [0, 0.05) is 17.3 Å². The smallest absolute Gasteiger partial charge is 0.266 e. The molecule has 172 valence electrons. The third kappa shape index (κ3) is 4.74. The molecule has 1 atom stereocenters. The minimum Gasteiger partial charge on any atom is -0.325 e. The lowest BCUT2D eigenvalue weighted by atomic mass is 10.1. The molecule has 0 fully saturated rings. The molecule has 6 nitrogen and oxygen atoms in total. The van der Waals surface area contributed by atoms with Crippen molar-refractivity contribution in [3.05, 3.63) is 94.3 Å². The zero-order valence-electron chi connectivity index (χ0n) is 18.2. The molecule has 0 bridgehead atoms. The quantitative estimate of drug-likeness (QED) is 0.240. The van der Waals surface area contributed by atoms with Crippen molar-refractivity contribution in [3.8, 4) is 5.69 Å². The Balaban J connectivity index is 1.69. The van der Waals surface area contributed by atoms with E-state index in [9.17, 15) is 23.2 Å². The molecular weight excluding hydrogens is 460 g/mol. The van der Waals surface area contributed by atoms with Gasteiger partial charge in [0.2, 0.25) is 5.91 Å². The first-order chi connectivity index (χ1) is 16.2. The van der Waals surface area contributed by atoms with E-state index in [1.54, 1.807) is 55.5 Å². The molecule has 0 aliphatic heterocycles. The maximum absolute atomic E-state index is 14.6. The molecule has 0 aliphatic rings. The number of amides is 1. The van der Waals surface area contributed by atoms with Crippen LogP contribution in [0.5, 0.6) is 0 Å². The molecule has 1 unspecified atom stereocenters. The van der Waals surface area contributed by atoms with Crippen molar-refractivity contribution < 1.29 is 18.4 Å². The molecule has 1 heterocycles. The molecule has 4 rings (SSSR count). The highest BCUT2D eigenvalue weighted by Crippen LogP contribution is 2.27. The number of aromatic nitrogens is 2. The second-order valence-corrected chi connectivity index (χ2v) is 8.84. The highest BCUT2D eigenvalue weighted by Gasteiger charge is 2.22. The number of rotatable bonds is 6. The normalized spacial score (nSPS) is 11.9. The third-order valence-corrected chi connectivity index (χ3v) is 6.16. The minimum absolute atomic E-state index is 0.0868. The fraction of sp³-hybridized carbons (Fsp3) is 0.120. The van der Waals surface area contributed by atoms with Gasteiger partial charge in [-0.25, -0.2) is 13.8 Å². The molecule has 1 aromatic heterocycles. The maximum Gasteiger partial charge on any atom is 0.266 e. The Morgan fingerprint density at radius 3 is 2.41 bits per heavy atom. The van der Waals surface area contributed by atoms with Crippen molar-refractivity contribution in [1.82, 2.24) is 9.55 Å². The summed E-state index contributed by atoms with van der Waals surface area (Å²) >= 11 is 0.968. The van der Waals surface area contributed by atoms with Gasteiger partial charge in [-0.2, -0.15) is 0 Å². The van der Waals surface area contributed by atoms with Gasteiger partial charge in [-0.15, -0.1) is 0 Å². The Hall–Kier alpha value is -3.85. The summed E-state index contributed by atoms with van der Waals surface area (Å²) in [5, 5.41) is 2.37. The number of nitrogens with one attached hydrogen (secondary N) is 1.